The molecule has 0 spiro atoms. The summed E-state index contributed by atoms with van der Waals surface area (Å²) in [5.74, 6) is -0.521. The van der Waals surface area contributed by atoms with Gasteiger partial charge in [0.2, 0.25) is 11.8 Å². The van der Waals surface area contributed by atoms with E-state index >= 15 is 0 Å². The van der Waals surface area contributed by atoms with Crippen molar-refractivity contribution >= 4 is 17.5 Å². The first kappa shape index (κ1) is 11.6. The molecule has 1 aromatic rings. The van der Waals surface area contributed by atoms with Crippen molar-refractivity contribution in [3.8, 4) is 0 Å². The van der Waals surface area contributed by atoms with E-state index in [1.54, 1.807) is 18.2 Å². The predicted octanol–water partition coefficient (Wildman–Crippen LogP) is 0.396. The van der Waals surface area contributed by atoms with Crippen molar-refractivity contribution in [2.45, 2.75) is 25.5 Å². The van der Waals surface area contributed by atoms with Gasteiger partial charge in [0.25, 0.3) is 0 Å². The molecule has 5 nitrogen and oxygen atoms in total. The van der Waals surface area contributed by atoms with Crippen LogP contribution in [0.2, 0.25) is 0 Å². The number of rotatable bonds is 3. The maximum absolute atomic E-state index is 11.5. The van der Waals surface area contributed by atoms with Gasteiger partial charge in [-0.05, 0) is 24.1 Å². The van der Waals surface area contributed by atoms with E-state index < -0.39 is 0 Å². The minimum Gasteiger partial charge on any atom is -0.392 e. The summed E-state index contributed by atoms with van der Waals surface area (Å²) in [6.45, 7) is -0.0368. The normalized spacial score (nSPS) is 19.9. The Morgan fingerprint density at radius 3 is 2.94 bits per heavy atom. The van der Waals surface area contributed by atoms with Gasteiger partial charge in [0.15, 0.2) is 0 Å². The molecule has 1 heterocycles. The third kappa shape index (κ3) is 2.82. The molecule has 0 aromatic heterocycles. The third-order valence-electron chi connectivity index (χ3n) is 2.69. The molecule has 0 aliphatic carbocycles. The van der Waals surface area contributed by atoms with Gasteiger partial charge in [-0.3, -0.25) is 14.9 Å². The Morgan fingerprint density at radius 2 is 2.24 bits per heavy atom. The second-order valence-electron chi connectivity index (χ2n) is 4.01. The van der Waals surface area contributed by atoms with E-state index in [4.69, 9.17) is 5.11 Å². The van der Waals surface area contributed by atoms with Gasteiger partial charge in [-0.15, -0.1) is 0 Å². The number of anilines is 1. The van der Waals surface area contributed by atoms with Gasteiger partial charge >= 0.3 is 0 Å². The maximum atomic E-state index is 11.5. The largest absolute Gasteiger partial charge is 0.392 e. The van der Waals surface area contributed by atoms with E-state index in [0.717, 1.165) is 11.3 Å². The summed E-state index contributed by atoms with van der Waals surface area (Å²) in [4.78, 5) is 22.5. The molecular weight excluding hydrogens is 220 g/mol. The molecule has 3 N–H and O–H groups in total. The first-order valence-electron chi connectivity index (χ1n) is 5.49. The molecule has 1 unspecified atom stereocenters. The fourth-order valence-electron chi connectivity index (χ4n) is 1.79. The summed E-state index contributed by atoms with van der Waals surface area (Å²) in [6, 6.07) is 6.82. The number of amides is 2. The number of piperidine rings is 1. The fourth-order valence-corrected chi connectivity index (χ4v) is 1.79. The van der Waals surface area contributed by atoms with Crippen LogP contribution < -0.4 is 10.6 Å². The first-order valence-corrected chi connectivity index (χ1v) is 5.49. The minimum absolute atomic E-state index is 0.0368. The van der Waals surface area contributed by atoms with Crippen LogP contribution in [-0.2, 0) is 16.2 Å². The van der Waals surface area contributed by atoms with Crippen LogP contribution in [0.15, 0.2) is 24.3 Å². The predicted molar refractivity (Wildman–Crippen MR) is 62.2 cm³/mol. The number of carbonyl (C=O) groups excluding carboxylic acids is 2. The molecule has 1 aromatic carbocycles. The van der Waals surface area contributed by atoms with E-state index in [0.29, 0.717) is 12.8 Å². The van der Waals surface area contributed by atoms with Crippen molar-refractivity contribution in [3.63, 3.8) is 0 Å². The number of nitrogens with one attached hydrogen (secondary N) is 2. The Bertz CT molecular complexity index is 445. The lowest BCUT2D eigenvalue weighted by molar-refractivity contribution is -0.133. The molecule has 5 heteroatoms. The Hall–Kier alpha value is -1.88. The molecule has 2 amide bonds. The Kier molecular flexibility index (Phi) is 3.39. The molecule has 1 saturated heterocycles. The second kappa shape index (κ2) is 4.97. The molecule has 0 bridgehead atoms. The molecule has 90 valence electrons. The Labute approximate surface area is 98.8 Å². The third-order valence-corrected chi connectivity index (χ3v) is 2.69. The van der Waals surface area contributed by atoms with Crippen molar-refractivity contribution in [2.75, 3.05) is 5.32 Å². The average Bonchev–Trinajstić information content (AvgIpc) is 2.33. The van der Waals surface area contributed by atoms with Crippen molar-refractivity contribution in [2.24, 2.45) is 0 Å². The Balaban J connectivity index is 2.05. The number of carbonyl (C=O) groups is 2. The standard InChI is InChI=1S/C12H14N2O3/c15-7-8-2-1-3-9(6-8)13-10-4-5-11(16)14-12(10)17/h1-3,6,10,13,15H,4-5,7H2,(H,14,16,17). The van der Waals surface area contributed by atoms with Crippen LogP contribution in [0.25, 0.3) is 0 Å². The summed E-state index contributed by atoms with van der Waals surface area (Å²) in [5, 5.41) is 14.3. The summed E-state index contributed by atoms with van der Waals surface area (Å²) < 4.78 is 0. The van der Waals surface area contributed by atoms with Crippen LogP contribution >= 0.6 is 0 Å². The van der Waals surface area contributed by atoms with Crippen molar-refractivity contribution < 1.29 is 14.7 Å². The van der Waals surface area contributed by atoms with E-state index in [1.165, 1.54) is 0 Å². The molecule has 1 atom stereocenters. The minimum atomic E-state index is -0.387. The van der Waals surface area contributed by atoms with Crippen LogP contribution in [0.5, 0.6) is 0 Å². The van der Waals surface area contributed by atoms with Gasteiger partial charge in [-0.1, -0.05) is 12.1 Å². The lowest BCUT2D eigenvalue weighted by Crippen LogP contribution is -2.47. The molecule has 0 saturated carbocycles. The van der Waals surface area contributed by atoms with Crippen LogP contribution in [-0.4, -0.2) is 23.0 Å². The number of hydrogen-bond acceptors (Lipinski definition) is 4. The summed E-state index contributed by atoms with van der Waals surface area (Å²) >= 11 is 0. The molecule has 1 fully saturated rings. The molecular formula is C12H14N2O3. The number of imide groups is 1. The highest BCUT2D eigenvalue weighted by atomic mass is 16.3. The molecule has 1 aliphatic rings. The zero-order valence-electron chi connectivity index (χ0n) is 9.27. The monoisotopic (exact) mass is 234 g/mol. The second-order valence-corrected chi connectivity index (χ2v) is 4.01. The number of aliphatic hydroxyl groups excluding tert-OH is 1. The van der Waals surface area contributed by atoms with Gasteiger partial charge in [-0.2, -0.15) is 0 Å². The van der Waals surface area contributed by atoms with E-state index in [2.05, 4.69) is 10.6 Å². The summed E-state index contributed by atoms with van der Waals surface area (Å²) in [6.07, 6.45) is 0.844. The SMILES string of the molecule is O=C1CCC(Nc2cccc(CO)c2)C(=O)N1. The highest BCUT2D eigenvalue weighted by Crippen LogP contribution is 2.15. The number of hydrogen-bond donors (Lipinski definition) is 3. The zero-order valence-corrected chi connectivity index (χ0v) is 9.27. The number of benzene rings is 1. The van der Waals surface area contributed by atoms with Gasteiger partial charge < -0.3 is 10.4 Å². The highest BCUT2D eigenvalue weighted by Gasteiger charge is 2.26. The Morgan fingerprint density at radius 1 is 1.41 bits per heavy atom. The van der Waals surface area contributed by atoms with E-state index in [-0.39, 0.29) is 24.5 Å². The van der Waals surface area contributed by atoms with E-state index in [9.17, 15) is 9.59 Å². The molecule has 2 rings (SSSR count). The van der Waals surface area contributed by atoms with Crippen LogP contribution in [0.1, 0.15) is 18.4 Å². The van der Waals surface area contributed by atoms with Crippen molar-refractivity contribution in [1.29, 1.82) is 0 Å². The van der Waals surface area contributed by atoms with Gasteiger partial charge in [0.05, 0.1) is 6.61 Å². The summed E-state index contributed by atoms with van der Waals surface area (Å²) in [5.41, 5.74) is 1.55. The maximum Gasteiger partial charge on any atom is 0.249 e. The van der Waals surface area contributed by atoms with Gasteiger partial charge in [-0.25, -0.2) is 0 Å². The lowest BCUT2D eigenvalue weighted by Gasteiger charge is -2.22. The van der Waals surface area contributed by atoms with Crippen molar-refractivity contribution in [1.82, 2.24) is 5.32 Å². The smallest absolute Gasteiger partial charge is 0.249 e. The quantitative estimate of drug-likeness (QED) is 0.661. The lowest BCUT2D eigenvalue weighted by atomic mass is 10.1. The van der Waals surface area contributed by atoms with Crippen LogP contribution in [0, 0.1) is 0 Å². The highest BCUT2D eigenvalue weighted by molar-refractivity contribution is 6.01. The number of aliphatic hydroxyl groups is 1. The van der Waals surface area contributed by atoms with E-state index in [1.807, 2.05) is 6.07 Å². The topological polar surface area (TPSA) is 78.4 Å². The van der Waals surface area contributed by atoms with Gasteiger partial charge in [0.1, 0.15) is 6.04 Å². The average molecular weight is 234 g/mol. The van der Waals surface area contributed by atoms with Gasteiger partial charge in [0, 0.05) is 12.1 Å². The van der Waals surface area contributed by atoms with Crippen LogP contribution in [0.4, 0.5) is 5.69 Å². The molecule has 0 radical (unpaired) electrons. The van der Waals surface area contributed by atoms with Crippen LogP contribution in [0.3, 0.4) is 0 Å². The summed E-state index contributed by atoms with van der Waals surface area (Å²) in [7, 11) is 0. The zero-order chi connectivity index (χ0) is 12.3. The molecule has 1 aliphatic heterocycles. The fraction of sp³-hybridized carbons (Fsp3) is 0.333. The first-order chi connectivity index (χ1) is 8.19. The molecule has 17 heavy (non-hydrogen) atoms. The van der Waals surface area contributed by atoms with Crippen molar-refractivity contribution in [3.05, 3.63) is 29.8 Å².